The minimum Gasteiger partial charge on any atom is -0.455 e. The van der Waals surface area contributed by atoms with Crippen LogP contribution in [-0.2, 0) is 10.8 Å². The standard InChI is InChI=1S/C48H37NO/c1-47(2)39-18-8-5-13-34(39)38-29-32(27-28-41(38)47)49(43-21-12-20-42-45(43)37-15-6-9-19-40(37)48(42,3)4)31-25-23-30(24-26-31)33-16-11-17-36-35-14-7-10-22-44(35)50-46(33)36/h5-29H,1-4H3/i1D3,2D3,3D3,4D3,5D,6D,7D,8D,9D,10D,11D,12D,13D,14D,15D,16D,17D,19D,21D,22D,25D,26D,27D,29D. The van der Waals surface area contributed by atoms with Crippen LogP contribution in [0.4, 0.5) is 17.1 Å². The van der Waals surface area contributed by atoms with E-state index < -0.39 is 243 Å². The van der Waals surface area contributed by atoms with Gasteiger partial charge in [-0.3, -0.25) is 0 Å². The van der Waals surface area contributed by atoms with Crippen molar-refractivity contribution in [3.05, 3.63) is 173 Å². The molecule has 0 atom stereocenters. The molecular weight excluding hydrogens is 607 g/mol. The normalized spacial score (nSPS) is 24.9. The average molecular weight is 676 g/mol. The first-order valence-electron chi connectivity index (χ1n) is 31.0. The van der Waals surface area contributed by atoms with Crippen molar-refractivity contribution in [2.75, 3.05) is 4.90 Å². The average Bonchev–Trinajstić information content (AvgIpc) is 1.52. The molecule has 0 N–H and O–H groups in total. The molecule has 1 aromatic heterocycles. The topological polar surface area (TPSA) is 16.4 Å². The van der Waals surface area contributed by atoms with Crippen LogP contribution in [0.1, 0.15) is 93.5 Å². The fourth-order valence-electron chi connectivity index (χ4n) is 6.62. The molecule has 0 amide bonds. The maximum Gasteiger partial charge on any atom is 0.143 e. The lowest BCUT2D eigenvalue weighted by atomic mass is 9.82. The summed E-state index contributed by atoms with van der Waals surface area (Å²) >= 11 is 0. The lowest BCUT2D eigenvalue weighted by molar-refractivity contribution is 0.660. The number of para-hydroxylation sites is 2. The van der Waals surface area contributed by atoms with E-state index in [1.807, 2.05) is 0 Å². The van der Waals surface area contributed by atoms with E-state index in [4.69, 9.17) is 38.7 Å². The van der Waals surface area contributed by atoms with Gasteiger partial charge in [0.15, 0.2) is 0 Å². The minimum atomic E-state index is -3.86. The first-order chi connectivity index (χ1) is 37.6. The minimum absolute atomic E-state index is 0.367. The van der Waals surface area contributed by atoms with Gasteiger partial charge in [0.2, 0.25) is 0 Å². The molecule has 0 aliphatic heterocycles. The zero-order valence-corrected chi connectivity index (χ0v) is 25.2. The van der Waals surface area contributed by atoms with Crippen molar-refractivity contribution in [3.8, 4) is 33.4 Å². The van der Waals surface area contributed by atoms with E-state index in [-0.39, 0.29) is 10.8 Å². The molecule has 2 aliphatic rings. The Balaban J connectivity index is 1.44. The second-order valence-corrected chi connectivity index (χ2v) is 11.7. The Morgan fingerprint density at radius 3 is 2.08 bits per heavy atom. The molecule has 0 bridgehead atoms. The molecule has 0 unspecified atom stereocenters. The molecule has 0 spiro atoms. The first-order valence-corrected chi connectivity index (χ1v) is 15.0. The van der Waals surface area contributed by atoms with Gasteiger partial charge in [-0.2, -0.15) is 0 Å². The van der Waals surface area contributed by atoms with Crippen LogP contribution in [0.25, 0.3) is 55.3 Å². The van der Waals surface area contributed by atoms with Gasteiger partial charge < -0.3 is 9.32 Å². The highest BCUT2D eigenvalue weighted by molar-refractivity contribution is 6.09. The highest BCUT2D eigenvalue weighted by atomic mass is 16.3. The molecule has 0 saturated carbocycles. The van der Waals surface area contributed by atoms with E-state index in [1.54, 1.807) is 0 Å². The van der Waals surface area contributed by atoms with Crippen LogP contribution in [0.5, 0.6) is 0 Å². The van der Waals surface area contributed by atoms with Crippen molar-refractivity contribution in [3.63, 3.8) is 0 Å². The van der Waals surface area contributed by atoms with Gasteiger partial charge in [0, 0.05) is 60.6 Å². The lowest BCUT2D eigenvalue weighted by Gasteiger charge is -2.30. The van der Waals surface area contributed by atoms with Crippen molar-refractivity contribution < 1.29 is 48.3 Å². The van der Waals surface area contributed by atoms with Gasteiger partial charge in [0.05, 0.1) is 33.1 Å². The Bertz CT molecular complexity index is 4190. The highest BCUT2D eigenvalue weighted by Gasteiger charge is 2.39. The quantitative estimate of drug-likeness (QED) is 0.185. The summed E-state index contributed by atoms with van der Waals surface area (Å²) in [6.07, 6.45) is 0. The molecule has 7 aromatic carbocycles. The molecule has 0 radical (unpaired) electrons. The molecule has 50 heavy (non-hydrogen) atoms. The van der Waals surface area contributed by atoms with E-state index >= 15 is 0 Å². The summed E-state index contributed by atoms with van der Waals surface area (Å²) < 4.78 is 294. The number of hydrogen-bond acceptors (Lipinski definition) is 2. The van der Waals surface area contributed by atoms with E-state index in [1.165, 1.54) is 0 Å². The molecule has 1 heterocycles. The van der Waals surface area contributed by atoms with Gasteiger partial charge in [-0.15, -0.1) is 0 Å². The fourth-order valence-corrected chi connectivity index (χ4v) is 6.62. The van der Waals surface area contributed by atoms with E-state index in [9.17, 15) is 9.60 Å². The van der Waals surface area contributed by atoms with Gasteiger partial charge in [0.25, 0.3) is 0 Å². The summed E-state index contributed by atoms with van der Waals surface area (Å²) in [7, 11) is 0. The number of benzene rings is 7. The van der Waals surface area contributed by atoms with Crippen LogP contribution in [0.15, 0.2) is 156 Å². The van der Waals surface area contributed by atoms with E-state index in [2.05, 4.69) is 0 Å². The summed E-state index contributed by atoms with van der Waals surface area (Å²) in [5, 5.41) is -0.754. The maximum absolute atomic E-state index is 10.1. The summed E-state index contributed by atoms with van der Waals surface area (Å²) in [6.45, 7) is -15.1. The van der Waals surface area contributed by atoms with Gasteiger partial charge >= 0.3 is 0 Å². The molecule has 2 heteroatoms. The number of nitrogens with zero attached hydrogens (tertiary/aromatic N) is 1. The predicted molar refractivity (Wildman–Crippen MR) is 209 cm³/mol. The predicted octanol–water partition coefficient (Wildman–Crippen LogP) is 13.3. The van der Waals surface area contributed by atoms with Crippen LogP contribution in [0.2, 0.25) is 0 Å². The van der Waals surface area contributed by atoms with Gasteiger partial charge in [-0.05, 0) is 80.8 Å². The Hall–Kier alpha value is -5.86. The number of anilines is 3. The Morgan fingerprint density at radius 2 is 1.20 bits per heavy atom. The highest BCUT2D eigenvalue weighted by Crippen LogP contribution is 2.55. The van der Waals surface area contributed by atoms with Crippen molar-refractivity contribution in [2.24, 2.45) is 0 Å². The third kappa shape index (κ3) is 3.96. The van der Waals surface area contributed by atoms with Gasteiger partial charge in [-0.25, -0.2) is 0 Å². The molecule has 10 rings (SSSR count). The Kier molecular flexibility index (Phi) is 2.34. The largest absolute Gasteiger partial charge is 0.455 e. The van der Waals surface area contributed by atoms with Crippen LogP contribution in [-0.4, -0.2) is 0 Å². The Labute approximate surface area is 338 Å². The van der Waals surface area contributed by atoms with E-state index in [0.29, 0.717) is 23.1 Å². The summed E-state index contributed by atoms with van der Waals surface area (Å²) in [4.78, 5) is 0.526. The Morgan fingerprint density at radius 1 is 0.520 bits per heavy atom. The van der Waals surface area contributed by atoms with Crippen molar-refractivity contribution in [1.82, 2.24) is 0 Å². The zero-order chi connectivity index (χ0) is 61.2. The van der Waals surface area contributed by atoms with Gasteiger partial charge in [-0.1, -0.05) is 142 Å². The maximum atomic E-state index is 10.1. The molecular formula is C48H37NO. The SMILES string of the molecule is [2H]c1cc2c(c([2H])c1[2H])-c1c(cc([2H])c(N(c3c([2H])cc(-c4c([2H])c([2H])c([2H])c5c4oc4c([2H])c([2H])c([2H])c([2H])c45)cc3[2H])c3c([2H])c([2H])cc4c3-c3c([2H])c([2H])c([2H])c([2H])c3C4(C([2H])([2H])[2H])C([2H])([2H])[2H])c1[2H])C2(C([2H])([2H])[2H])C([2H])([2H])[2H]. The van der Waals surface area contributed by atoms with Crippen molar-refractivity contribution in [1.29, 1.82) is 0 Å². The smallest absolute Gasteiger partial charge is 0.143 e. The summed E-state index contributed by atoms with van der Waals surface area (Å²) in [5.74, 6) is 0. The third-order valence-corrected chi connectivity index (χ3v) is 8.92. The lowest BCUT2D eigenvalue weighted by Crippen LogP contribution is -2.16. The molecule has 8 aromatic rings. The molecule has 0 saturated heterocycles. The number of hydrogen-bond donors (Lipinski definition) is 0. The second-order valence-electron chi connectivity index (χ2n) is 11.7. The van der Waals surface area contributed by atoms with Crippen LogP contribution < -0.4 is 4.90 Å². The number of furan rings is 1. The number of fused-ring (bicyclic) bond motifs is 9. The molecule has 2 nitrogen and oxygen atoms in total. The molecule has 240 valence electrons. The van der Waals surface area contributed by atoms with Crippen molar-refractivity contribution in [2.45, 2.75) is 38.2 Å². The monoisotopic (exact) mass is 675 g/mol. The summed E-state index contributed by atoms with van der Waals surface area (Å²) in [5.41, 5.74) is -18.6. The van der Waals surface area contributed by atoms with Crippen LogP contribution >= 0.6 is 0 Å². The van der Waals surface area contributed by atoms with Gasteiger partial charge in [0.1, 0.15) is 11.2 Å². The first kappa shape index (κ1) is 11.3. The zero-order valence-electron chi connectivity index (χ0n) is 57.2. The molecule has 0 fully saturated rings. The third-order valence-electron chi connectivity index (χ3n) is 8.92. The number of rotatable bonds is 4. The van der Waals surface area contributed by atoms with Crippen molar-refractivity contribution >= 4 is 39.0 Å². The van der Waals surface area contributed by atoms with E-state index in [0.717, 1.165) is 12.1 Å². The van der Waals surface area contributed by atoms with Crippen LogP contribution in [0.3, 0.4) is 0 Å². The summed E-state index contributed by atoms with van der Waals surface area (Å²) in [6, 6.07) is -15.2. The second kappa shape index (κ2) is 10.3. The fraction of sp³-hybridized carbons (Fsp3) is 0.125. The molecule has 2 aliphatic carbocycles. The van der Waals surface area contributed by atoms with Crippen LogP contribution in [0, 0.1) is 0 Å².